The first-order valence-corrected chi connectivity index (χ1v) is 7.40. The molecule has 1 aliphatic heterocycles. The van der Waals surface area contributed by atoms with Crippen molar-refractivity contribution in [1.29, 1.82) is 0 Å². The SMILES string of the molecule is O=C1C(=O)c2ccccc2C(O)=C1C1(O)O[C@H](C(=O)O)[C@@H](O)[C@H](O)[C@H]1O. The monoisotopic (exact) mass is 366 g/mol. The zero-order chi connectivity index (χ0) is 19.4. The maximum Gasteiger partial charge on any atom is 0.335 e. The van der Waals surface area contributed by atoms with Gasteiger partial charge < -0.3 is 35.4 Å². The number of carbonyl (C=O) groups is 3. The van der Waals surface area contributed by atoms with Crippen molar-refractivity contribution in [3.8, 4) is 0 Å². The summed E-state index contributed by atoms with van der Waals surface area (Å²) in [7, 11) is 0. The van der Waals surface area contributed by atoms with Crippen molar-refractivity contribution in [3.63, 3.8) is 0 Å². The zero-order valence-electron chi connectivity index (χ0n) is 12.9. The van der Waals surface area contributed by atoms with Crippen molar-refractivity contribution in [1.82, 2.24) is 0 Å². The number of hydrogen-bond acceptors (Lipinski definition) is 9. The number of carboxylic acids is 1. The van der Waals surface area contributed by atoms with Gasteiger partial charge in [-0.3, -0.25) is 9.59 Å². The third kappa shape index (κ3) is 2.35. The van der Waals surface area contributed by atoms with Gasteiger partial charge in [-0.25, -0.2) is 4.79 Å². The molecular weight excluding hydrogens is 352 g/mol. The van der Waals surface area contributed by atoms with Crippen molar-refractivity contribution in [2.24, 2.45) is 0 Å². The molecule has 6 N–H and O–H groups in total. The summed E-state index contributed by atoms with van der Waals surface area (Å²) < 4.78 is 4.78. The number of fused-ring (bicyclic) bond motifs is 1. The average molecular weight is 366 g/mol. The summed E-state index contributed by atoms with van der Waals surface area (Å²) in [5.74, 6) is -8.55. The lowest BCUT2D eigenvalue weighted by Gasteiger charge is -2.45. The molecule has 2 aliphatic rings. The van der Waals surface area contributed by atoms with Crippen LogP contribution in [0.2, 0.25) is 0 Å². The summed E-state index contributed by atoms with van der Waals surface area (Å²) >= 11 is 0. The Morgan fingerprint density at radius 3 is 2.15 bits per heavy atom. The van der Waals surface area contributed by atoms with E-state index in [1.807, 2.05) is 0 Å². The first kappa shape index (κ1) is 18.2. The maximum atomic E-state index is 12.4. The molecule has 0 bridgehead atoms. The summed E-state index contributed by atoms with van der Waals surface area (Å²) in [6.45, 7) is 0. The van der Waals surface area contributed by atoms with Crippen LogP contribution in [0.25, 0.3) is 5.76 Å². The molecule has 10 nitrogen and oxygen atoms in total. The van der Waals surface area contributed by atoms with Gasteiger partial charge >= 0.3 is 5.97 Å². The van der Waals surface area contributed by atoms with Gasteiger partial charge in [0.25, 0.3) is 0 Å². The van der Waals surface area contributed by atoms with Gasteiger partial charge in [-0.15, -0.1) is 0 Å². The van der Waals surface area contributed by atoms with E-state index in [0.717, 1.165) is 0 Å². The number of Topliss-reactive ketones (excluding diaryl/α,β-unsaturated/α-hetero) is 2. The van der Waals surface area contributed by atoms with E-state index in [2.05, 4.69) is 0 Å². The number of hydrogen-bond donors (Lipinski definition) is 6. The van der Waals surface area contributed by atoms with Gasteiger partial charge in [-0.2, -0.15) is 0 Å². The molecule has 0 saturated carbocycles. The number of rotatable bonds is 2. The van der Waals surface area contributed by atoms with E-state index >= 15 is 0 Å². The Bertz CT molecular complexity index is 843. The van der Waals surface area contributed by atoms with Crippen LogP contribution in [-0.2, 0) is 14.3 Å². The minimum atomic E-state index is -3.24. The standard InChI is InChI=1S/C16H14O10/c17-8-5-3-1-2-4-6(5)9(18)10(19)7(8)16(25)14(22)12(21)11(20)13(26-16)15(23)24/h1-4,11-14,17,20-22,25H,(H,23,24)/t11-,12-,13-,14+,16?/m0/s1. The summed E-state index contributed by atoms with van der Waals surface area (Å²) in [6, 6.07) is 5.37. The fourth-order valence-corrected chi connectivity index (χ4v) is 3.03. The molecular formula is C16H14O10. The van der Waals surface area contributed by atoms with Gasteiger partial charge in [0.2, 0.25) is 17.4 Å². The van der Waals surface area contributed by atoms with Gasteiger partial charge in [-0.05, 0) is 0 Å². The van der Waals surface area contributed by atoms with Gasteiger partial charge in [0.1, 0.15) is 29.6 Å². The van der Waals surface area contributed by atoms with Gasteiger partial charge in [0.15, 0.2) is 6.10 Å². The minimum absolute atomic E-state index is 0.149. The molecule has 26 heavy (non-hydrogen) atoms. The molecule has 0 aromatic heterocycles. The number of ether oxygens (including phenoxy) is 1. The molecule has 1 fully saturated rings. The molecule has 1 saturated heterocycles. The van der Waals surface area contributed by atoms with Crippen LogP contribution in [0.3, 0.4) is 0 Å². The number of ketones is 2. The molecule has 138 valence electrons. The molecule has 0 amide bonds. The molecule has 5 atom stereocenters. The van der Waals surface area contributed by atoms with Crippen molar-refractivity contribution in [2.45, 2.75) is 30.2 Å². The second kappa shape index (κ2) is 5.97. The van der Waals surface area contributed by atoms with Gasteiger partial charge in [0.05, 0.1) is 0 Å². The van der Waals surface area contributed by atoms with Gasteiger partial charge in [0, 0.05) is 11.1 Å². The lowest BCUT2D eigenvalue weighted by Crippen LogP contribution is -2.67. The summed E-state index contributed by atoms with van der Waals surface area (Å²) in [6.07, 6.45) is -9.03. The third-order valence-corrected chi connectivity index (χ3v) is 4.39. The first-order valence-electron chi connectivity index (χ1n) is 7.40. The van der Waals surface area contributed by atoms with E-state index in [0.29, 0.717) is 0 Å². The van der Waals surface area contributed by atoms with Crippen LogP contribution in [0.15, 0.2) is 29.8 Å². The summed E-state index contributed by atoms with van der Waals surface area (Å²) in [5, 5.41) is 59.8. The summed E-state index contributed by atoms with van der Waals surface area (Å²) in [5.41, 5.74) is -1.43. The fourth-order valence-electron chi connectivity index (χ4n) is 3.03. The lowest BCUT2D eigenvalue weighted by atomic mass is 9.79. The topological polar surface area (TPSA) is 182 Å². The van der Waals surface area contributed by atoms with Crippen LogP contribution in [-0.4, -0.2) is 78.4 Å². The zero-order valence-corrected chi connectivity index (χ0v) is 12.9. The second-order valence-corrected chi connectivity index (χ2v) is 5.93. The Morgan fingerprint density at radius 1 is 1.00 bits per heavy atom. The molecule has 1 heterocycles. The fraction of sp³-hybridized carbons (Fsp3) is 0.312. The third-order valence-electron chi connectivity index (χ3n) is 4.39. The Kier molecular flexibility index (Phi) is 4.17. The Labute approximate surface area is 145 Å². The number of benzene rings is 1. The quantitative estimate of drug-likeness (QED) is 0.319. The second-order valence-electron chi connectivity index (χ2n) is 5.93. The van der Waals surface area contributed by atoms with E-state index in [4.69, 9.17) is 9.84 Å². The van der Waals surface area contributed by atoms with Crippen LogP contribution in [0.1, 0.15) is 15.9 Å². The highest BCUT2D eigenvalue weighted by molar-refractivity contribution is 6.52. The smallest absolute Gasteiger partial charge is 0.335 e. The molecule has 1 unspecified atom stereocenters. The normalized spacial score (nSPS) is 34.6. The molecule has 10 heteroatoms. The summed E-state index contributed by atoms with van der Waals surface area (Å²) in [4.78, 5) is 35.9. The largest absolute Gasteiger partial charge is 0.507 e. The van der Waals surface area contributed by atoms with E-state index in [1.165, 1.54) is 24.3 Å². The molecule has 1 aromatic carbocycles. The number of aliphatic carboxylic acids is 1. The lowest BCUT2D eigenvalue weighted by molar-refractivity contribution is -0.323. The van der Waals surface area contributed by atoms with Crippen molar-refractivity contribution in [2.75, 3.05) is 0 Å². The van der Waals surface area contributed by atoms with E-state index in [-0.39, 0.29) is 11.1 Å². The highest BCUT2D eigenvalue weighted by atomic mass is 16.7. The maximum absolute atomic E-state index is 12.4. The van der Waals surface area contributed by atoms with Crippen LogP contribution in [0, 0.1) is 0 Å². The van der Waals surface area contributed by atoms with E-state index in [9.17, 15) is 39.9 Å². The van der Waals surface area contributed by atoms with Crippen molar-refractivity contribution >= 4 is 23.3 Å². The number of aliphatic hydroxyl groups excluding tert-OH is 4. The predicted molar refractivity (Wildman–Crippen MR) is 80.8 cm³/mol. The van der Waals surface area contributed by atoms with Crippen LogP contribution in [0.5, 0.6) is 0 Å². The Morgan fingerprint density at radius 2 is 1.58 bits per heavy atom. The van der Waals surface area contributed by atoms with Gasteiger partial charge in [-0.1, -0.05) is 24.3 Å². The number of aliphatic hydroxyl groups is 5. The molecule has 0 spiro atoms. The Hall–Kier alpha value is -2.63. The van der Waals surface area contributed by atoms with E-state index in [1.54, 1.807) is 0 Å². The highest BCUT2D eigenvalue weighted by Gasteiger charge is 2.60. The first-order chi connectivity index (χ1) is 12.1. The van der Waals surface area contributed by atoms with Crippen LogP contribution < -0.4 is 0 Å². The predicted octanol–water partition coefficient (Wildman–Crippen LogP) is -2.02. The Balaban J connectivity index is 2.21. The van der Waals surface area contributed by atoms with E-state index < -0.39 is 59.1 Å². The molecule has 3 rings (SSSR count). The molecule has 1 aromatic rings. The average Bonchev–Trinajstić information content (AvgIpc) is 2.61. The van der Waals surface area contributed by atoms with Crippen LogP contribution >= 0.6 is 0 Å². The number of carboxylic acid groups (broad SMARTS) is 1. The highest BCUT2D eigenvalue weighted by Crippen LogP contribution is 2.40. The molecule has 1 aliphatic carbocycles. The van der Waals surface area contributed by atoms with Crippen molar-refractivity contribution < 1.29 is 49.8 Å². The van der Waals surface area contributed by atoms with Crippen molar-refractivity contribution in [3.05, 3.63) is 41.0 Å². The number of carbonyl (C=O) groups excluding carboxylic acids is 2. The van der Waals surface area contributed by atoms with Crippen LogP contribution in [0.4, 0.5) is 0 Å². The molecule has 0 radical (unpaired) electrons. The minimum Gasteiger partial charge on any atom is -0.507 e.